The van der Waals surface area contributed by atoms with Gasteiger partial charge in [0.05, 0.1) is 12.2 Å². The van der Waals surface area contributed by atoms with Gasteiger partial charge in [-0.05, 0) is 49.1 Å². The van der Waals surface area contributed by atoms with Gasteiger partial charge in [-0.15, -0.1) is 0 Å². The Kier molecular flexibility index (Phi) is 3.74. The van der Waals surface area contributed by atoms with E-state index < -0.39 is 5.60 Å². The lowest BCUT2D eigenvalue weighted by molar-refractivity contribution is -0.146. The van der Waals surface area contributed by atoms with Crippen molar-refractivity contribution in [2.45, 2.75) is 45.1 Å². The Morgan fingerprint density at radius 3 is 2.57 bits per heavy atom. The zero-order chi connectivity index (χ0) is 15.1. The van der Waals surface area contributed by atoms with Gasteiger partial charge in [-0.25, -0.2) is 0 Å². The summed E-state index contributed by atoms with van der Waals surface area (Å²) in [4.78, 5) is 0. The predicted molar refractivity (Wildman–Crippen MR) is 84.3 cm³/mol. The number of hydrogen-bond acceptors (Lipinski definition) is 3. The van der Waals surface area contributed by atoms with Crippen LogP contribution in [-0.2, 0) is 6.42 Å². The van der Waals surface area contributed by atoms with Crippen LogP contribution in [0.3, 0.4) is 0 Å². The standard InChI is InChI=1S/C18H27NO2/c1-13-7-14(2)9-18(20,8-13)17(11-19)10-15-5-3-4-6-16(15)21-12-17/h3-6,13-14,20H,7-12,19H2,1-2H3. The van der Waals surface area contributed by atoms with Gasteiger partial charge in [0.15, 0.2) is 0 Å². The molecule has 116 valence electrons. The number of para-hydroxylation sites is 1. The molecule has 3 atom stereocenters. The Morgan fingerprint density at radius 2 is 1.90 bits per heavy atom. The third-order valence-corrected chi connectivity index (χ3v) is 5.56. The Labute approximate surface area is 127 Å². The number of benzene rings is 1. The van der Waals surface area contributed by atoms with Crippen LogP contribution in [0, 0.1) is 17.3 Å². The van der Waals surface area contributed by atoms with Gasteiger partial charge in [0.25, 0.3) is 0 Å². The van der Waals surface area contributed by atoms with Crippen LogP contribution in [-0.4, -0.2) is 23.9 Å². The first-order chi connectivity index (χ1) is 9.98. The van der Waals surface area contributed by atoms with Crippen molar-refractivity contribution in [1.82, 2.24) is 0 Å². The van der Waals surface area contributed by atoms with E-state index in [9.17, 15) is 5.11 Å². The topological polar surface area (TPSA) is 55.5 Å². The predicted octanol–water partition coefficient (Wildman–Crippen LogP) is 2.75. The second-order valence-corrected chi connectivity index (χ2v) is 7.44. The molecule has 1 aromatic rings. The number of aliphatic hydroxyl groups is 1. The molecule has 0 bridgehead atoms. The van der Waals surface area contributed by atoms with Crippen molar-refractivity contribution < 1.29 is 9.84 Å². The van der Waals surface area contributed by atoms with Crippen molar-refractivity contribution in [3.63, 3.8) is 0 Å². The summed E-state index contributed by atoms with van der Waals surface area (Å²) in [6, 6.07) is 8.13. The normalized spacial score (nSPS) is 39.4. The van der Waals surface area contributed by atoms with E-state index in [1.807, 2.05) is 18.2 Å². The van der Waals surface area contributed by atoms with E-state index in [4.69, 9.17) is 10.5 Å². The summed E-state index contributed by atoms with van der Waals surface area (Å²) in [5.41, 5.74) is 6.26. The molecule has 0 saturated heterocycles. The Hall–Kier alpha value is -1.06. The molecule has 3 N–H and O–H groups in total. The first-order valence-electron chi connectivity index (χ1n) is 8.11. The van der Waals surface area contributed by atoms with Crippen molar-refractivity contribution in [1.29, 1.82) is 0 Å². The zero-order valence-corrected chi connectivity index (χ0v) is 13.1. The second kappa shape index (κ2) is 5.29. The van der Waals surface area contributed by atoms with Crippen LogP contribution in [0.4, 0.5) is 0 Å². The van der Waals surface area contributed by atoms with Crippen molar-refractivity contribution in [3.05, 3.63) is 29.8 Å². The summed E-state index contributed by atoms with van der Waals surface area (Å²) in [5, 5.41) is 11.5. The minimum Gasteiger partial charge on any atom is -0.493 e. The molecule has 3 rings (SSSR count). The van der Waals surface area contributed by atoms with Crippen molar-refractivity contribution in [3.8, 4) is 5.75 Å². The first-order valence-corrected chi connectivity index (χ1v) is 8.11. The van der Waals surface area contributed by atoms with E-state index in [0.29, 0.717) is 25.0 Å². The molecule has 1 aromatic carbocycles. The van der Waals surface area contributed by atoms with Crippen molar-refractivity contribution in [2.24, 2.45) is 23.0 Å². The lowest BCUT2D eigenvalue weighted by Gasteiger charge is -2.53. The zero-order valence-electron chi connectivity index (χ0n) is 13.1. The highest BCUT2D eigenvalue weighted by molar-refractivity contribution is 5.37. The smallest absolute Gasteiger partial charge is 0.122 e. The molecule has 0 aromatic heterocycles. The molecule has 3 nitrogen and oxygen atoms in total. The molecule has 21 heavy (non-hydrogen) atoms. The van der Waals surface area contributed by atoms with E-state index in [1.54, 1.807) is 0 Å². The maximum Gasteiger partial charge on any atom is 0.122 e. The van der Waals surface area contributed by atoms with Gasteiger partial charge in [0.2, 0.25) is 0 Å². The van der Waals surface area contributed by atoms with Gasteiger partial charge in [0.1, 0.15) is 5.75 Å². The minimum absolute atomic E-state index is 0.357. The third kappa shape index (κ3) is 2.47. The molecule has 0 spiro atoms. The lowest BCUT2D eigenvalue weighted by atomic mass is 9.58. The van der Waals surface area contributed by atoms with Gasteiger partial charge in [-0.2, -0.15) is 0 Å². The van der Waals surface area contributed by atoms with Crippen LogP contribution < -0.4 is 10.5 Å². The van der Waals surface area contributed by atoms with Crippen LogP contribution in [0.15, 0.2) is 24.3 Å². The number of hydrogen-bond donors (Lipinski definition) is 2. The fraction of sp³-hybridized carbons (Fsp3) is 0.667. The van der Waals surface area contributed by atoms with Gasteiger partial charge in [-0.3, -0.25) is 0 Å². The molecule has 3 unspecified atom stereocenters. The number of rotatable bonds is 2. The average molecular weight is 289 g/mol. The van der Waals surface area contributed by atoms with Gasteiger partial charge in [-0.1, -0.05) is 32.0 Å². The maximum absolute atomic E-state index is 11.5. The van der Waals surface area contributed by atoms with Crippen molar-refractivity contribution >= 4 is 0 Å². The van der Waals surface area contributed by atoms with Crippen LogP contribution in [0.5, 0.6) is 5.75 Å². The lowest BCUT2D eigenvalue weighted by Crippen LogP contribution is -2.60. The molecule has 1 saturated carbocycles. The summed E-state index contributed by atoms with van der Waals surface area (Å²) in [5.74, 6) is 2.03. The molecule has 1 aliphatic carbocycles. The number of fused-ring (bicyclic) bond motifs is 1. The minimum atomic E-state index is -0.716. The Bertz CT molecular complexity index is 506. The largest absolute Gasteiger partial charge is 0.493 e. The molecule has 1 aliphatic heterocycles. The van der Waals surface area contributed by atoms with Crippen LogP contribution >= 0.6 is 0 Å². The molecule has 3 heteroatoms. The van der Waals surface area contributed by atoms with Gasteiger partial charge < -0.3 is 15.6 Å². The highest BCUT2D eigenvalue weighted by Crippen LogP contribution is 2.50. The monoisotopic (exact) mass is 289 g/mol. The molecule has 1 fully saturated rings. The van der Waals surface area contributed by atoms with Crippen molar-refractivity contribution in [2.75, 3.05) is 13.2 Å². The van der Waals surface area contributed by atoms with Crippen LogP contribution in [0.2, 0.25) is 0 Å². The summed E-state index contributed by atoms with van der Waals surface area (Å²) < 4.78 is 5.98. The van der Waals surface area contributed by atoms with E-state index >= 15 is 0 Å². The number of ether oxygens (including phenoxy) is 1. The number of nitrogens with two attached hydrogens (primary N) is 1. The quantitative estimate of drug-likeness (QED) is 0.880. The Balaban J connectivity index is 1.94. The summed E-state index contributed by atoms with van der Waals surface area (Å²) in [7, 11) is 0. The molecule has 0 amide bonds. The second-order valence-electron chi connectivity index (χ2n) is 7.44. The van der Waals surface area contributed by atoms with Gasteiger partial charge >= 0.3 is 0 Å². The molecular weight excluding hydrogens is 262 g/mol. The highest BCUT2D eigenvalue weighted by Gasteiger charge is 2.54. The van der Waals surface area contributed by atoms with E-state index in [1.165, 1.54) is 12.0 Å². The van der Waals surface area contributed by atoms with Crippen LogP contribution in [0.1, 0.15) is 38.7 Å². The molecular formula is C18H27NO2. The first kappa shape index (κ1) is 14.9. The van der Waals surface area contributed by atoms with E-state index in [2.05, 4.69) is 19.9 Å². The Morgan fingerprint density at radius 1 is 1.24 bits per heavy atom. The summed E-state index contributed by atoms with van der Waals surface area (Å²) in [6.07, 6.45) is 3.68. The summed E-state index contributed by atoms with van der Waals surface area (Å²) in [6.45, 7) is 5.47. The van der Waals surface area contributed by atoms with E-state index in [-0.39, 0.29) is 5.41 Å². The van der Waals surface area contributed by atoms with Gasteiger partial charge in [0, 0.05) is 12.0 Å². The average Bonchev–Trinajstić information content (AvgIpc) is 2.45. The molecule has 1 heterocycles. The third-order valence-electron chi connectivity index (χ3n) is 5.56. The fourth-order valence-electron chi connectivity index (χ4n) is 4.56. The molecule has 2 aliphatic rings. The van der Waals surface area contributed by atoms with Crippen LogP contribution in [0.25, 0.3) is 0 Å². The maximum atomic E-state index is 11.5. The fourth-order valence-corrected chi connectivity index (χ4v) is 4.56. The molecule has 0 radical (unpaired) electrons. The SMILES string of the molecule is CC1CC(C)CC(O)(C2(CN)COc3ccccc3C2)C1. The summed E-state index contributed by atoms with van der Waals surface area (Å²) >= 11 is 0. The van der Waals surface area contributed by atoms with E-state index in [0.717, 1.165) is 25.0 Å². The highest BCUT2D eigenvalue weighted by atomic mass is 16.5.